The number of halogens is 1. The van der Waals surface area contributed by atoms with Gasteiger partial charge in [-0.2, -0.15) is 0 Å². The van der Waals surface area contributed by atoms with Gasteiger partial charge >= 0.3 is 0 Å². The molecule has 6 heteroatoms. The maximum Gasteiger partial charge on any atom is 0.170 e. The molecule has 0 saturated heterocycles. The Morgan fingerprint density at radius 2 is 2.04 bits per heavy atom. The summed E-state index contributed by atoms with van der Waals surface area (Å²) in [6.07, 6.45) is 2.19. The van der Waals surface area contributed by atoms with E-state index in [1.165, 1.54) is 11.1 Å². The highest BCUT2D eigenvalue weighted by Gasteiger charge is 2.14. The first-order valence-electron chi connectivity index (χ1n) is 8.83. The first kappa shape index (κ1) is 19.0. The second-order valence-corrected chi connectivity index (χ2v) is 7.19. The van der Waals surface area contributed by atoms with Crippen LogP contribution in [0.1, 0.15) is 17.5 Å². The van der Waals surface area contributed by atoms with E-state index in [1.54, 1.807) is 13.2 Å². The van der Waals surface area contributed by atoms with E-state index in [2.05, 4.69) is 39.8 Å². The lowest BCUT2D eigenvalue weighted by molar-refractivity contribution is 0.251. The summed E-state index contributed by atoms with van der Waals surface area (Å²) in [5, 5.41) is 7.58. The third-order valence-corrected chi connectivity index (χ3v) is 5.10. The maximum atomic E-state index is 6.13. The highest BCUT2D eigenvalue weighted by molar-refractivity contribution is 7.80. The molecule has 138 valence electrons. The molecule has 0 amide bonds. The lowest BCUT2D eigenvalue weighted by atomic mass is 10.00. The van der Waals surface area contributed by atoms with E-state index in [-0.39, 0.29) is 0 Å². The fourth-order valence-corrected chi connectivity index (χ4v) is 3.65. The summed E-state index contributed by atoms with van der Waals surface area (Å²) >= 11 is 11.5. The minimum Gasteiger partial charge on any atom is -0.495 e. The molecule has 0 bridgehead atoms. The highest BCUT2D eigenvalue weighted by Crippen LogP contribution is 2.27. The van der Waals surface area contributed by atoms with Crippen LogP contribution in [0.5, 0.6) is 5.75 Å². The third-order valence-electron chi connectivity index (χ3n) is 4.56. The summed E-state index contributed by atoms with van der Waals surface area (Å²) in [4.78, 5) is 2.50. The number of rotatable bonds is 6. The van der Waals surface area contributed by atoms with Crippen molar-refractivity contribution in [3.05, 3.63) is 58.6 Å². The Morgan fingerprint density at radius 1 is 1.23 bits per heavy atom. The van der Waals surface area contributed by atoms with Crippen molar-refractivity contribution in [3.8, 4) is 5.75 Å². The number of ether oxygens (including phenoxy) is 1. The van der Waals surface area contributed by atoms with Crippen LogP contribution < -0.4 is 15.4 Å². The topological polar surface area (TPSA) is 36.5 Å². The molecule has 26 heavy (non-hydrogen) atoms. The Morgan fingerprint density at radius 3 is 2.81 bits per heavy atom. The molecule has 2 N–H and O–H groups in total. The molecule has 0 saturated carbocycles. The Labute approximate surface area is 165 Å². The van der Waals surface area contributed by atoms with Crippen molar-refractivity contribution in [2.45, 2.75) is 19.4 Å². The van der Waals surface area contributed by atoms with Gasteiger partial charge in [0.25, 0.3) is 0 Å². The molecular weight excluding hydrogens is 366 g/mol. The van der Waals surface area contributed by atoms with Crippen LogP contribution in [0.3, 0.4) is 0 Å². The molecule has 1 aliphatic rings. The molecule has 0 atom stereocenters. The smallest absolute Gasteiger partial charge is 0.170 e. The zero-order valence-electron chi connectivity index (χ0n) is 14.9. The summed E-state index contributed by atoms with van der Waals surface area (Å²) in [6.45, 7) is 4.08. The van der Waals surface area contributed by atoms with Crippen LogP contribution in [0.2, 0.25) is 5.02 Å². The van der Waals surface area contributed by atoms with Crippen molar-refractivity contribution in [2.24, 2.45) is 0 Å². The van der Waals surface area contributed by atoms with Gasteiger partial charge in [0.05, 0.1) is 12.1 Å². The number of anilines is 1. The van der Waals surface area contributed by atoms with Crippen LogP contribution in [-0.4, -0.2) is 36.8 Å². The standard InChI is InChI=1S/C20H24ClN3OS/c1-25-19-8-7-17(13-18(19)21)23-20(26)22-10-4-11-24-12-9-15-5-2-3-6-16(15)14-24/h2-3,5-8,13H,4,9-12,14H2,1H3,(H2,22,23,26). The minimum atomic E-state index is 0.561. The molecule has 0 aromatic heterocycles. The van der Waals surface area contributed by atoms with Crippen LogP contribution >= 0.6 is 23.8 Å². The summed E-state index contributed by atoms with van der Waals surface area (Å²) in [6, 6.07) is 14.2. The van der Waals surface area contributed by atoms with Crippen LogP contribution in [0.15, 0.2) is 42.5 Å². The van der Waals surface area contributed by atoms with Gasteiger partial charge in [-0.3, -0.25) is 4.90 Å². The predicted octanol–water partition coefficient (Wildman–Crippen LogP) is 4.08. The third kappa shape index (κ3) is 5.10. The van der Waals surface area contributed by atoms with Crippen molar-refractivity contribution in [3.63, 3.8) is 0 Å². The number of nitrogens with zero attached hydrogens (tertiary/aromatic N) is 1. The van der Waals surface area contributed by atoms with Crippen LogP contribution in [-0.2, 0) is 13.0 Å². The van der Waals surface area contributed by atoms with Crippen molar-refractivity contribution in [1.82, 2.24) is 10.2 Å². The normalized spacial score (nSPS) is 13.8. The number of hydrogen-bond acceptors (Lipinski definition) is 3. The quantitative estimate of drug-likeness (QED) is 0.575. The Balaban J connectivity index is 1.37. The Kier molecular flexibility index (Phi) is 6.72. The SMILES string of the molecule is COc1ccc(NC(=S)NCCCN2CCc3ccccc3C2)cc1Cl. The first-order chi connectivity index (χ1) is 12.7. The molecular formula is C20H24ClN3OS. The van der Waals surface area contributed by atoms with Crippen LogP contribution in [0, 0.1) is 0 Å². The predicted molar refractivity (Wildman–Crippen MR) is 112 cm³/mol. The Bertz CT molecular complexity index is 768. The van der Waals surface area contributed by atoms with E-state index in [0.29, 0.717) is 15.9 Å². The molecule has 0 aliphatic carbocycles. The van der Waals surface area contributed by atoms with E-state index < -0.39 is 0 Å². The van der Waals surface area contributed by atoms with E-state index in [9.17, 15) is 0 Å². The molecule has 0 fully saturated rings. The summed E-state index contributed by atoms with van der Waals surface area (Å²) in [5.74, 6) is 0.652. The van der Waals surface area contributed by atoms with Gasteiger partial charge in [-0.15, -0.1) is 0 Å². The fourth-order valence-electron chi connectivity index (χ4n) is 3.17. The number of nitrogens with one attached hydrogen (secondary N) is 2. The van der Waals surface area contributed by atoms with Gasteiger partial charge in [-0.25, -0.2) is 0 Å². The second-order valence-electron chi connectivity index (χ2n) is 6.38. The number of methoxy groups -OCH3 is 1. The van der Waals surface area contributed by atoms with Gasteiger partial charge in [0.2, 0.25) is 0 Å². The molecule has 1 heterocycles. The molecule has 3 rings (SSSR count). The largest absolute Gasteiger partial charge is 0.495 e. The molecule has 0 radical (unpaired) electrons. The van der Waals surface area contributed by atoms with Gasteiger partial charge in [-0.1, -0.05) is 35.9 Å². The molecule has 2 aromatic rings. The summed E-state index contributed by atoms with van der Waals surface area (Å²) in [5.41, 5.74) is 3.80. The van der Waals surface area contributed by atoms with Gasteiger partial charge in [-0.05, 0) is 54.4 Å². The lowest BCUT2D eigenvalue weighted by Gasteiger charge is -2.28. The van der Waals surface area contributed by atoms with Gasteiger partial charge in [0.15, 0.2) is 5.11 Å². The van der Waals surface area contributed by atoms with E-state index >= 15 is 0 Å². The number of hydrogen-bond donors (Lipinski definition) is 2. The van der Waals surface area contributed by atoms with Gasteiger partial charge in [0, 0.05) is 31.9 Å². The first-order valence-corrected chi connectivity index (χ1v) is 9.62. The molecule has 2 aromatic carbocycles. The van der Waals surface area contributed by atoms with Crippen molar-refractivity contribution in [2.75, 3.05) is 32.1 Å². The second kappa shape index (κ2) is 9.21. The molecule has 1 aliphatic heterocycles. The summed E-state index contributed by atoms with van der Waals surface area (Å²) < 4.78 is 5.15. The maximum absolute atomic E-state index is 6.13. The van der Waals surface area contributed by atoms with Gasteiger partial charge in [0.1, 0.15) is 5.75 Å². The average molecular weight is 390 g/mol. The van der Waals surface area contributed by atoms with E-state index in [0.717, 1.165) is 44.7 Å². The summed E-state index contributed by atoms with van der Waals surface area (Å²) in [7, 11) is 1.60. The lowest BCUT2D eigenvalue weighted by Crippen LogP contribution is -2.34. The fraction of sp³-hybridized carbons (Fsp3) is 0.350. The molecule has 4 nitrogen and oxygen atoms in total. The Hall–Kier alpha value is -1.82. The van der Waals surface area contributed by atoms with Crippen molar-refractivity contribution < 1.29 is 4.74 Å². The monoisotopic (exact) mass is 389 g/mol. The van der Waals surface area contributed by atoms with Crippen molar-refractivity contribution >= 4 is 34.6 Å². The van der Waals surface area contributed by atoms with Crippen LogP contribution in [0.4, 0.5) is 5.69 Å². The van der Waals surface area contributed by atoms with Crippen LogP contribution in [0.25, 0.3) is 0 Å². The van der Waals surface area contributed by atoms with E-state index in [4.69, 9.17) is 28.6 Å². The van der Waals surface area contributed by atoms with Crippen molar-refractivity contribution in [1.29, 1.82) is 0 Å². The zero-order valence-corrected chi connectivity index (χ0v) is 16.5. The molecule has 0 unspecified atom stereocenters. The van der Waals surface area contributed by atoms with Gasteiger partial charge < -0.3 is 15.4 Å². The molecule has 0 spiro atoms. The number of thiocarbonyl (C=S) groups is 1. The van der Waals surface area contributed by atoms with E-state index in [1.807, 2.05) is 12.1 Å². The number of fused-ring (bicyclic) bond motifs is 1. The number of benzene rings is 2. The highest BCUT2D eigenvalue weighted by atomic mass is 35.5. The minimum absolute atomic E-state index is 0.561. The average Bonchev–Trinajstić information content (AvgIpc) is 2.65. The zero-order chi connectivity index (χ0) is 18.4.